The summed E-state index contributed by atoms with van der Waals surface area (Å²) < 4.78 is 6.87. The lowest BCUT2D eigenvalue weighted by Gasteiger charge is -2.15. The molecule has 4 nitrogen and oxygen atoms in total. The van der Waals surface area contributed by atoms with Crippen LogP contribution in [0.25, 0.3) is 0 Å². The van der Waals surface area contributed by atoms with Crippen molar-refractivity contribution in [3.05, 3.63) is 18.0 Å². The van der Waals surface area contributed by atoms with E-state index in [9.17, 15) is 4.79 Å². The van der Waals surface area contributed by atoms with Gasteiger partial charge in [0, 0.05) is 12.1 Å². The van der Waals surface area contributed by atoms with Gasteiger partial charge in [0.25, 0.3) is 0 Å². The van der Waals surface area contributed by atoms with Crippen LogP contribution >= 0.6 is 0 Å². The van der Waals surface area contributed by atoms with Crippen molar-refractivity contribution in [2.75, 3.05) is 6.61 Å². The van der Waals surface area contributed by atoms with Crippen LogP contribution in [0.1, 0.15) is 57.2 Å². The summed E-state index contributed by atoms with van der Waals surface area (Å²) in [4.78, 5) is 11.8. The zero-order valence-corrected chi connectivity index (χ0v) is 10.6. The summed E-state index contributed by atoms with van der Waals surface area (Å²) in [5, 5.41) is 4.51. The third kappa shape index (κ3) is 2.87. The first-order valence-electron chi connectivity index (χ1n) is 6.48. The van der Waals surface area contributed by atoms with Crippen LogP contribution in [-0.2, 0) is 9.53 Å². The number of carbonyl (C=O) groups is 1. The molecule has 0 saturated heterocycles. The first-order chi connectivity index (χ1) is 8.26. The van der Waals surface area contributed by atoms with E-state index in [1.54, 1.807) is 4.68 Å². The van der Waals surface area contributed by atoms with E-state index < -0.39 is 0 Å². The van der Waals surface area contributed by atoms with Gasteiger partial charge in [-0.15, -0.1) is 0 Å². The van der Waals surface area contributed by atoms with Crippen LogP contribution in [0.3, 0.4) is 0 Å². The number of hydrogen-bond acceptors (Lipinski definition) is 3. The molecule has 17 heavy (non-hydrogen) atoms. The number of hydrogen-bond donors (Lipinski definition) is 0. The van der Waals surface area contributed by atoms with E-state index in [1.807, 2.05) is 19.2 Å². The van der Waals surface area contributed by atoms with E-state index in [0.29, 0.717) is 12.5 Å². The SMILES string of the molecule is CCCC(C(=O)OCC)n1ccc(C2CC2)n1. The lowest BCUT2D eigenvalue weighted by Crippen LogP contribution is -2.22. The molecule has 94 valence electrons. The molecule has 1 heterocycles. The first-order valence-corrected chi connectivity index (χ1v) is 6.48. The molecule has 1 unspecified atom stereocenters. The molecule has 1 saturated carbocycles. The lowest BCUT2D eigenvalue weighted by atomic mass is 10.2. The first kappa shape index (κ1) is 12.1. The quantitative estimate of drug-likeness (QED) is 0.713. The van der Waals surface area contributed by atoms with Gasteiger partial charge in [0.1, 0.15) is 6.04 Å². The molecular formula is C13H20N2O2. The second-order valence-corrected chi connectivity index (χ2v) is 4.55. The molecule has 1 fully saturated rings. The number of esters is 1. The normalized spacial score (nSPS) is 16.8. The summed E-state index contributed by atoms with van der Waals surface area (Å²) in [5.41, 5.74) is 1.12. The molecule has 0 spiro atoms. The monoisotopic (exact) mass is 236 g/mol. The summed E-state index contributed by atoms with van der Waals surface area (Å²) in [6, 6.07) is 1.77. The molecule has 1 aromatic rings. The standard InChI is InChI=1S/C13H20N2O2/c1-3-5-12(13(16)17-4-2)15-9-8-11(14-15)10-6-7-10/h8-10,12H,3-7H2,1-2H3. The molecule has 4 heteroatoms. The van der Waals surface area contributed by atoms with E-state index in [-0.39, 0.29) is 12.0 Å². The smallest absolute Gasteiger partial charge is 0.330 e. The fourth-order valence-electron chi connectivity index (χ4n) is 1.99. The zero-order chi connectivity index (χ0) is 12.3. The number of carbonyl (C=O) groups excluding carboxylic acids is 1. The summed E-state index contributed by atoms with van der Waals surface area (Å²) in [7, 11) is 0. The molecule has 2 rings (SSSR count). The Balaban J connectivity index is 2.09. The van der Waals surface area contributed by atoms with Gasteiger partial charge >= 0.3 is 5.97 Å². The topological polar surface area (TPSA) is 44.1 Å². The van der Waals surface area contributed by atoms with Gasteiger partial charge in [-0.2, -0.15) is 5.10 Å². The molecule has 0 bridgehead atoms. The Morgan fingerprint density at radius 1 is 1.59 bits per heavy atom. The highest BCUT2D eigenvalue weighted by Gasteiger charge is 2.28. The Bertz CT molecular complexity index is 383. The van der Waals surface area contributed by atoms with Gasteiger partial charge in [-0.3, -0.25) is 4.68 Å². The second-order valence-electron chi connectivity index (χ2n) is 4.55. The minimum absolute atomic E-state index is 0.167. The van der Waals surface area contributed by atoms with Crippen molar-refractivity contribution in [3.8, 4) is 0 Å². The predicted molar refractivity (Wildman–Crippen MR) is 64.8 cm³/mol. The largest absolute Gasteiger partial charge is 0.464 e. The van der Waals surface area contributed by atoms with Crippen LogP contribution in [0, 0.1) is 0 Å². The number of nitrogens with zero attached hydrogens (tertiary/aromatic N) is 2. The number of ether oxygens (including phenoxy) is 1. The molecule has 1 atom stereocenters. The maximum absolute atomic E-state index is 11.8. The fourth-order valence-corrected chi connectivity index (χ4v) is 1.99. The summed E-state index contributed by atoms with van der Waals surface area (Å²) >= 11 is 0. The minimum Gasteiger partial charge on any atom is -0.464 e. The Hall–Kier alpha value is -1.32. The maximum atomic E-state index is 11.8. The van der Waals surface area contributed by atoms with Gasteiger partial charge in [0.2, 0.25) is 0 Å². The Morgan fingerprint density at radius 3 is 2.94 bits per heavy atom. The van der Waals surface area contributed by atoms with E-state index >= 15 is 0 Å². The fraction of sp³-hybridized carbons (Fsp3) is 0.692. The minimum atomic E-state index is -0.257. The third-order valence-electron chi connectivity index (χ3n) is 3.06. The van der Waals surface area contributed by atoms with Crippen molar-refractivity contribution >= 4 is 5.97 Å². The summed E-state index contributed by atoms with van der Waals surface area (Å²) in [6.45, 7) is 4.33. The molecule has 0 radical (unpaired) electrons. The Kier molecular flexibility index (Phi) is 3.82. The summed E-state index contributed by atoms with van der Waals surface area (Å²) in [6.07, 6.45) is 6.10. The van der Waals surface area contributed by atoms with Crippen LogP contribution in [0.2, 0.25) is 0 Å². The molecule has 1 aromatic heterocycles. The van der Waals surface area contributed by atoms with Crippen LogP contribution in [-0.4, -0.2) is 22.4 Å². The van der Waals surface area contributed by atoms with Crippen molar-refractivity contribution in [2.45, 2.75) is 51.5 Å². The van der Waals surface area contributed by atoms with Crippen LogP contribution < -0.4 is 0 Å². The highest BCUT2D eigenvalue weighted by molar-refractivity contribution is 5.74. The van der Waals surface area contributed by atoms with Crippen LogP contribution in [0.5, 0.6) is 0 Å². The molecular weight excluding hydrogens is 216 g/mol. The predicted octanol–water partition coefficient (Wildman–Crippen LogP) is 2.66. The Labute approximate surface area is 102 Å². The van der Waals surface area contributed by atoms with Gasteiger partial charge in [-0.1, -0.05) is 13.3 Å². The average molecular weight is 236 g/mol. The zero-order valence-electron chi connectivity index (χ0n) is 10.6. The molecule has 0 aliphatic heterocycles. The highest BCUT2D eigenvalue weighted by atomic mass is 16.5. The van der Waals surface area contributed by atoms with E-state index in [1.165, 1.54) is 12.8 Å². The van der Waals surface area contributed by atoms with E-state index in [0.717, 1.165) is 18.5 Å². The van der Waals surface area contributed by atoms with Crippen molar-refractivity contribution in [1.29, 1.82) is 0 Å². The van der Waals surface area contributed by atoms with Gasteiger partial charge in [-0.05, 0) is 32.3 Å². The molecule has 0 N–H and O–H groups in total. The summed E-state index contributed by atoms with van der Waals surface area (Å²) in [5.74, 6) is 0.459. The van der Waals surface area contributed by atoms with Crippen LogP contribution in [0.4, 0.5) is 0 Å². The maximum Gasteiger partial charge on any atom is 0.330 e. The van der Waals surface area contributed by atoms with E-state index in [2.05, 4.69) is 12.0 Å². The van der Waals surface area contributed by atoms with Crippen molar-refractivity contribution in [3.63, 3.8) is 0 Å². The van der Waals surface area contributed by atoms with Crippen molar-refractivity contribution in [1.82, 2.24) is 9.78 Å². The van der Waals surface area contributed by atoms with E-state index in [4.69, 9.17) is 4.74 Å². The van der Waals surface area contributed by atoms with Crippen molar-refractivity contribution < 1.29 is 9.53 Å². The Morgan fingerprint density at radius 2 is 2.35 bits per heavy atom. The lowest BCUT2D eigenvalue weighted by molar-refractivity contribution is -0.147. The number of aromatic nitrogens is 2. The second kappa shape index (κ2) is 5.34. The molecule has 0 amide bonds. The van der Waals surface area contributed by atoms with Crippen LogP contribution in [0.15, 0.2) is 12.3 Å². The molecule has 1 aliphatic rings. The average Bonchev–Trinajstić information content (AvgIpc) is 3.05. The van der Waals surface area contributed by atoms with Gasteiger partial charge in [0.15, 0.2) is 0 Å². The van der Waals surface area contributed by atoms with Gasteiger partial charge in [0.05, 0.1) is 12.3 Å². The van der Waals surface area contributed by atoms with Gasteiger partial charge < -0.3 is 4.74 Å². The van der Waals surface area contributed by atoms with Crippen molar-refractivity contribution in [2.24, 2.45) is 0 Å². The van der Waals surface area contributed by atoms with Gasteiger partial charge in [-0.25, -0.2) is 4.79 Å². The number of rotatable bonds is 6. The molecule has 1 aliphatic carbocycles. The molecule has 0 aromatic carbocycles. The third-order valence-corrected chi connectivity index (χ3v) is 3.06. The highest BCUT2D eigenvalue weighted by Crippen LogP contribution is 2.39.